The monoisotopic (exact) mass is 319 g/mol. The summed E-state index contributed by atoms with van der Waals surface area (Å²) in [5, 5.41) is 9.12. The van der Waals surface area contributed by atoms with Crippen molar-refractivity contribution in [3.63, 3.8) is 0 Å². The highest BCUT2D eigenvalue weighted by atomic mass is 19.4. The molecule has 2 aromatic rings. The summed E-state index contributed by atoms with van der Waals surface area (Å²) in [7, 11) is 0. The highest BCUT2D eigenvalue weighted by Crippen LogP contribution is 2.38. The van der Waals surface area contributed by atoms with Crippen LogP contribution >= 0.6 is 0 Å². The topological polar surface area (TPSA) is 50.1 Å². The van der Waals surface area contributed by atoms with Crippen LogP contribution in [0, 0.1) is 11.3 Å². The molecule has 2 aromatic carbocycles. The zero-order chi connectivity index (χ0) is 17.0. The van der Waals surface area contributed by atoms with E-state index >= 15 is 0 Å². The molecular formula is C17H12F3NO2. The van der Waals surface area contributed by atoms with E-state index < -0.39 is 28.6 Å². The fourth-order valence-corrected chi connectivity index (χ4v) is 2.14. The lowest BCUT2D eigenvalue weighted by Crippen LogP contribution is -2.15. The van der Waals surface area contributed by atoms with Crippen molar-refractivity contribution in [3.8, 4) is 11.8 Å². The van der Waals surface area contributed by atoms with E-state index in [0.717, 1.165) is 18.6 Å². The molecule has 23 heavy (non-hydrogen) atoms. The molecule has 0 N–H and O–H groups in total. The van der Waals surface area contributed by atoms with Gasteiger partial charge in [-0.1, -0.05) is 30.3 Å². The van der Waals surface area contributed by atoms with Crippen molar-refractivity contribution in [2.45, 2.75) is 19.7 Å². The molecule has 0 atom stereocenters. The average Bonchev–Trinajstić information content (AvgIpc) is 2.51. The number of carbonyl (C=O) groups excluding carboxylic acids is 1. The summed E-state index contributed by atoms with van der Waals surface area (Å²) in [6.45, 7) is 1.04. The number of rotatable bonds is 4. The first-order chi connectivity index (χ1) is 10.8. The van der Waals surface area contributed by atoms with Gasteiger partial charge in [-0.05, 0) is 24.6 Å². The molecule has 0 saturated heterocycles. The normalized spacial score (nSPS) is 10.9. The van der Waals surface area contributed by atoms with E-state index in [2.05, 4.69) is 0 Å². The number of hydrogen-bond donors (Lipinski definition) is 0. The number of nitriles is 1. The second-order valence-electron chi connectivity index (χ2n) is 4.80. The number of benzene rings is 2. The molecule has 0 aromatic heterocycles. The van der Waals surface area contributed by atoms with Crippen LogP contribution in [0.5, 0.6) is 5.75 Å². The maximum absolute atomic E-state index is 13.2. The van der Waals surface area contributed by atoms with Crippen LogP contribution in [0.25, 0.3) is 0 Å². The lowest BCUT2D eigenvalue weighted by atomic mass is 9.97. The Morgan fingerprint density at radius 3 is 2.35 bits per heavy atom. The third-order valence-electron chi connectivity index (χ3n) is 3.18. The van der Waals surface area contributed by atoms with Gasteiger partial charge in [0.2, 0.25) is 0 Å². The Balaban J connectivity index is 2.45. The zero-order valence-corrected chi connectivity index (χ0v) is 12.1. The van der Waals surface area contributed by atoms with Gasteiger partial charge in [0.25, 0.3) is 0 Å². The van der Waals surface area contributed by atoms with E-state index in [1.165, 1.54) is 12.1 Å². The number of carbonyl (C=O) groups is 1. The number of hydrogen-bond acceptors (Lipinski definition) is 3. The van der Waals surface area contributed by atoms with Crippen molar-refractivity contribution in [1.29, 1.82) is 5.26 Å². The largest absolute Gasteiger partial charge is 0.488 e. The molecule has 0 aliphatic heterocycles. The molecule has 0 bridgehead atoms. The van der Waals surface area contributed by atoms with Crippen LogP contribution in [0.4, 0.5) is 13.2 Å². The Hall–Kier alpha value is -2.81. The van der Waals surface area contributed by atoms with Gasteiger partial charge in [0.05, 0.1) is 5.56 Å². The molecule has 2 rings (SSSR count). The Bertz CT molecular complexity index is 762. The Labute approximate surface area is 130 Å². The smallest absolute Gasteiger partial charge is 0.418 e. The highest BCUT2D eigenvalue weighted by molar-refractivity contribution is 5.96. The predicted molar refractivity (Wildman–Crippen MR) is 76.9 cm³/mol. The van der Waals surface area contributed by atoms with E-state index in [4.69, 9.17) is 10.00 Å². The van der Waals surface area contributed by atoms with Crippen LogP contribution in [-0.2, 0) is 12.8 Å². The predicted octanol–water partition coefficient (Wildman–Crippen LogP) is 4.36. The fourth-order valence-electron chi connectivity index (χ4n) is 2.14. The molecule has 0 amide bonds. The minimum Gasteiger partial charge on any atom is -0.488 e. The molecule has 0 unspecified atom stereocenters. The average molecular weight is 319 g/mol. The number of ketones is 1. The van der Waals surface area contributed by atoms with Crippen LogP contribution in [0.15, 0.2) is 42.5 Å². The van der Waals surface area contributed by atoms with Crippen molar-refractivity contribution >= 4 is 5.78 Å². The van der Waals surface area contributed by atoms with Gasteiger partial charge in [0, 0.05) is 5.56 Å². The van der Waals surface area contributed by atoms with Crippen LogP contribution < -0.4 is 4.74 Å². The van der Waals surface area contributed by atoms with Gasteiger partial charge < -0.3 is 4.74 Å². The molecule has 0 aliphatic rings. The van der Waals surface area contributed by atoms with Crippen LogP contribution in [0.1, 0.15) is 34.0 Å². The first-order valence-electron chi connectivity index (χ1n) is 6.66. The third-order valence-corrected chi connectivity index (χ3v) is 3.18. The molecule has 0 saturated carbocycles. The van der Waals surface area contributed by atoms with Crippen LogP contribution in [0.2, 0.25) is 0 Å². The van der Waals surface area contributed by atoms with E-state index in [1.807, 2.05) is 0 Å². The minimum absolute atomic E-state index is 0.0201. The van der Waals surface area contributed by atoms with Gasteiger partial charge in [-0.15, -0.1) is 0 Å². The standard InChI is InChI=1S/C17H12F3NO2/c1-11(22)13-7-8-15(14(9-21)16(13)17(18,19)20)23-10-12-5-3-2-4-6-12/h2-8H,10H2,1H3. The number of ether oxygens (including phenoxy) is 1. The SMILES string of the molecule is CC(=O)c1ccc(OCc2ccccc2)c(C#N)c1C(F)(F)F. The molecule has 6 heteroatoms. The molecule has 0 spiro atoms. The molecule has 0 radical (unpaired) electrons. The first kappa shape index (κ1) is 16.6. The summed E-state index contributed by atoms with van der Waals surface area (Å²) in [5.41, 5.74) is -1.72. The summed E-state index contributed by atoms with van der Waals surface area (Å²) in [5.74, 6) is -0.961. The second kappa shape index (κ2) is 6.53. The third kappa shape index (κ3) is 3.69. The molecule has 0 fully saturated rings. The van der Waals surface area contributed by atoms with Gasteiger partial charge in [-0.3, -0.25) is 4.79 Å². The Morgan fingerprint density at radius 2 is 1.83 bits per heavy atom. The van der Waals surface area contributed by atoms with Crippen LogP contribution in [-0.4, -0.2) is 5.78 Å². The van der Waals surface area contributed by atoms with Crippen molar-refractivity contribution < 1.29 is 22.7 Å². The minimum atomic E-state index is -4.82. The highest BCUT2D eigenvalue weighted by Gasteiger charge is 2.39. The van der Waals surface area contributed by atoms with Crippen molar-refractivity contribution in [3.05, 3.63) is 64.7 Å². The van der Waals surface area contributed by atoms with E-state index in [0.29, 0.717) is 0 Å². The van der Waals surface area contributed by atoms with E-state index in [1.54, 1.807) is 30.3 Å². The number of nitrogens with zero attached hydrogens (tertiary/aromatic N) is 1. The second-order valence-corrected chi connectivity index (χ2v) is 4.80. The first-order valence-corrected chi connectivity index (χ1v) is 6.66. The summed E-state index contributed by atoms with van der Waals surface area (Å²) in [4.78, 5) is 11.4. The van der Waals surface area contributed by atoms with Crippen LogP contribution in [0.3, 0.4) is 0 Å². The van der Waals surface area contributed by atoms with Gasteiger partial charge in [0.15, 0.2) is 5.78 Å². The fraction of sp³-hybridized carbons (Fsp3) is 0.176. The molecule has 3 nitrogen and oxygen atoms in total. The lowest BCUT2D eigenvalue weighted by Gasteiger charge is -2.16. The summed E-state index contributed by atoms with van der Waals surface area (Å²) < 4.78 is 45.1. The molecule has 0 aliphatic carbocycles. The zero-order valence-electron chi connectivity index (χ0n) is 12.1. The maximum atomic E-state index is 13.2. The van der Waals surface area contributed by atoms with Crippen molar-refractivity contribution in [2.24, 2.45) is 0 Å². The van der Waals surface area contributed by atoms with Crippen molar-refractivity contribution in [1.82, 2.24) is 0 Å². The van der Waals surface area contributed by atoms with E-state index in [9.17, 15) is 18.0 Å². The van der Waals surface area contributed by atoms with E-state index in [-0.39, 0.29) is 12.4 Å². The molecule has 0 heterocycles. The van der Waals surface area contributed by atoms with Crippen molar-refractivity contribution in [2.75, 3.05) is 0 Å². The quantitative estimate of drug-likeness (QED) is 0.787. The van der Waals surface area contributed by atoms with Gasteiger partial charge in [-0.2, -0.15) is 18.4 Å². The van der Waals surface area contributed by atoms with Gasteiger partial charge in [0.1, 0.15) is 24.0 Å². The molecular weight excluding hydrogens is 307 g/mol. The van der Waals surface area contributed by atoms with Gasteiger partial charge in [-0.25, -0.2) is 0 Å². The molecule has 118 valence electrons. The Kier molecular flexibility index (Phi) is 4.70. The Morgan fingerprint density at radius 1 is 1.17 bits per heavy atom. The maximum Gasteiger partial charge on any atom is 0.418 e. The number of Topliss-reactive ketones (excluding diaryl/α,β-unsaturated/α-hetero) is 1. The summed E-state index contributed by atoms with van der Waals surface area (Å²) in [6.07, 6.45) is -4.82. The number of halogens is 3. The van der Waals surface area contributed by atoms with Gasteiger partial charge >= 0.3 is 6.18 Å². The summed E-state index contributed by atoms with van der Waals surface area (Å²) >= 11 is 0. The number of alkyl halides is 3. The lowest BCUT2D eigenvalue weighted by molar-refractivity contribution is -0.138. The summed E-state index contributed by atoms with van der Waals surface area (Å²) in [6, 6.07) is 12.6.